The number of halogens is 1. The summed E-state index contributed by atoms with van der Waals surface area (Å²) in [5.74, 6) is -2.83. The van der Waals surface area contributed by atoms with E-state index in [9.17, 15) is 29.0 Å². The summed E-state index contributed by atoms with van der Waals surface area (Å²) < 4.78 is 13.5. The molecule has 1 aliphatic carbocycles. The van der Waals surface area contributed by atoms with E-state index < -0.39 is 17.8 Å². The van der Waals surface area contributed by atoms with Crippen LogP contribution < -0.4 is 5.32 Å². The van der Waals surface area contributed by atoms with Gasteiger partial charge in [-0.3, -0.25) is 14.5 Å². The molecule has 1 heterocycles. The molecule has 36 heavy (non-hydrogen) atoms. The Morgan fingerprint density at radius 2 is 1.97 bits per heavy atom. The van der Waals surface area contributed by atoms with Crippen LogP contribution in [0, 0.1) is 12.7 Å². The fraction of sp³-hybridized carbons (Fsp3) is 0.269. The van der Waals surface area contributed by atoms with Crippen LogP contribution in [0.15, 0.2) is 48.9 Å². The molecule has 0 bridgehead atoms. The van der Waals surface area contributed by atoms with Crippen molar-refractivity contribution in [1.29, 1.82) is 0 Å². The van der Waals surface area contributed by atoms with Crippen molar-refractivity contribution < 1.29 is 29.0 Å². The number of amides is 1. The molecule has 1 aromatic heterocycles. The lowest BCUT2D eigenvalue weighted by Crippen LogP contribution is -2.34. The van der Waals surface area contributed by atoms with Gasteiger partial charge in [-0.2, -0.15) is 0 Å². The molecule has 4 rings (SSSR count). The Hall–Kier alpha value is -4.18. The molecular weight excluding hydrogens is 467 g/mol. The number of rotatable bonds is 9. The SMILES string of the molecule is Cc1cc(CNC(=O)c2ncncc2CN(CC(=O)O)C2CCc3cc(C(=O)O)ccc32)ccc1F. The number of hydrogen-bond acceptors (Lipinski definition) is 6. The minimum atomic E-state index is -1.03. The summed E-state index contributed by atoms with van der Waals surface area (Å²) in [6.45, 7) is 1.64. The number of nitrogens with zero attached hydrogens (tertiary/aromatic N) is 3. The maximum atomic E-state index is 13.5. The first-order chi connectivity index (χ1) is 17.2. The van der Waals surface area contributed by atoms with Crippen LogP contribution in [0.25, 0.3) is 0 Å². The first-order valence-corrected chi connectivity index (χ1v) is 11.4. The summed E-state index contributed by atoms with van der Waals surface area (Å²) in [5.41, 5.74) is 3.71. The highest BCUT2D eigenvalue weighted by molar-refractivity contribution is 5.93. The Bertz CT molecular complexity index is 1330. The first-order valence-electron chi connectivity index (χ1n) is 11.4. The minimum absolute atomic E-state index is 0.107. The number of aromatic nitrogens is 2. The molecule has 1 amide bonds. The fourth-order valence-electron chi connectivity index (χ4n) is 4.54. The molecule has 0 spiro atoms. The predicted octanol–water partition coefficient (Wildman–Crippen LogP) is 3.13. The molecule has 1 atom stereocenters. The fourth-order valence-corrected chi connectivity index (χ4v) is 4.54. The largest absolute Gasteiger partial charge is 0.480 e. The highest BCUT2D eigenvalue weighted by atomic mass is 19.1. The number of aryl methyl sites for hydroxylation is 2. The van der Waals surface area contributed by atoms with Crippen molar-refractivity contribution in [3.63, 3.8) is 0 Å². The molecule has 3 N–H and O–H groups in total. The molecule has 1 aliphatic rings. The monoisotopic (exact) mass is 492 g/mol. The zero-order valence-corrected chi connectivity index (χ0v) is 19.6. The number of hydrogen-bond donors (Lipinski definition) is 3. The summed E-state index contributed by atoms with van der Waals surface area (Å²) in [6, 6.07) is 9.18. The number of aliphatic carboxylic acids is 1. The maximum absolute atomic E-state index is 13.5. The molecule has 10 heteroatoms. The van der Waals surface area contributed by atoms with Crippen molar-refractivity contribution in [3.05, 3.63) is 93.8 Å². The Labute approximate surface area is 206 Å². The number of benzene rings is 2. The van der Waals surface area contributed by atoms with Gasteiger partial charge < -0.3 is 15.5 Å². The third-order valence-corrected chi connectivity index (χ3v) is 6.27. The molecule has 0 fully saturated rings. The lowest BCUT2D eigenvalue weighted by atomic mass is 10.0. The molecule has 0 saturated carbocycles. The third-order valence-electron chi connectivity index (χ3n) is 6.27. The van der Waals surface area contributed by atoms with Crippen LogP contribution in [0.3, 0.4) is 0 Å². The van der Waals surface area contributed by atoms with Crippen LogP contribution in [0.1, 0.15) is 61.1 Å². The van der Waals surface area contributed by atoms with Crippen LogP contribution in [0.2, 0.25) is 0 Å². The average Bonchev–Trinajstić information content (AvgIpc) is 3.27. The number of aromatic carboxylic acids is 1. The van der Waals surface area contributed by atoms with Gasteiger partial charge in [-0.1, -0.05) is 18.2 Å². The van der Waals surface area contributed by atoms with Crippen molar-refractivity contribution in [1.82, 2.24) is 20.2 Å². The smallest absolute Gasteiger partial charge is 0.335 e. The number of fused-ring (bicyclic) bond motifs is 1. The summed E-state index contributed by atoms with van der Waals surface area (Å²) >= 11 is 0. The Morgan fingerprint density at radius 3 is 2.69 bits per heavy atom. The van der Waals surface area contributed by atoms with Gasteiger partial charge in [0.1, 0.15) is 17.8 Å². The van der Waals surface area contributed by atoms with Crippen LogP contribution >= 0.6 is 0 Å². The summed E-state index contributed by atoms with van der Waals surface area (Å²) in [7, 11) is 0. The average molecular weight is 493 g/mol. The maximum Gasteiger partial charge on any atom is 0.335 e. The molecular formula is C26H25FN4O5. The summed E-state index contributed by atoms with van der Waals surface area (Å²) in [6.07, 6.45) is 3.97. The Kier molecular flexibility index (Phi) is 7.35. The zero-order valence-electron chi connectivity index (χ0n) is 19.6. The van der Waals surface area contributed by atoms with Crippen molar-refractivity contribution in [2.24, 2.45) is 0 Å². The lowest BCUT2D eigenvalue weighted by molar-refractivity contribution is -0.139. The van der Waals surface area contributed by atoms with Gasteiger partial charge >= 0.3 is 11.9 Å². The van der Waals surface area contributed by atoms with E-state index in [4.69, 9.17) is 0 Å². The quantitative estimate of drug-likeness (QED) is 0.415. The molecule has 1 unspecified atom stereocenters. The van der Waals surface area contributed by atoms with Gasteiger partial charge in [0.2, 0.25) is 0 Å². The highest BCUT2D eigenvalue weighted by Crippen LogP contribution is 2.37. The van der Waals surface area contributed by atoms with Gasteiger partial charge in [-0.15, -0.1) is 0 Å². The standard InChI is InChI=1S/C26H25FN4O5/c1-15-8-16(2-6-21(15)27)10-29-25(34)24-19(11-28-14-30-24)12-31(13-23(32)33)22-7-4-17-9-18(26(35)36)3-5-20(17)22/h2-3,5-6,8-9,11,14,22H,4,7,10,12-13H2,1H3,(H,29,34)(H,32,33)(H,35,36). The first kappa shape index (κ1) is 24.9. The number of carbonyl (C=O) groups excluding carboxylic acids is 1. The van der Waals surface area contributed by atoms with Gasteiger partial charge in [-0.25, -0.2) is 19.2 Å². The normalized spacial score (nSPS) is 14.5. The molecule has 0 saturated heterocycles. The van der Waals surface area contributed by atoms with Gasteiger partial charge in [0.15, 0.2) is 0 Å². The summed E-state index contributed by atoms with van der Waals surface area (Å²) in [4.78, 5) is 45.9. The van der Waals surface area contributed by atoms with Crippen molar-refractivity contribution in [2.45, 2.75) is 38.9 Å². The minimum Gasteiger partial charge on any atom is -0.480 e. The van der Waals surface area contributed by atoms with Gasteiger partial charge in [0.05, 0.1) is 12.1 Å². The van der Waals surface area contributed by atoms with Crippen LogP contribution in [-0.4, -0.2) is 49.5 Å². The molecule has 0 radical (unpaired) electrons. The van der Waals surface area contributed by atoms with E-state index in [-0.39, 0.29) is 42.8 Å². The summed E-state index contributed by atoms with van der Waals surface area (Å²) in [5, 5.41) is 21.6. The second-order valence-electron chi connectivity index (χ2n) is 8.73. The number of carbonyl (C=O) groups is 3. The molecule has 2 aromatic carbocycles. The lowest BCUT2D eigenvalue weighted by Gasteiger charge is -2.28. The highest BCUT2D eigenvalue weighted by Gasteiger charge is 2.31. The van der Waals surface area contributed by atoms with E-state index in [0.717, 1.165) is 16.7 Å². The van der Waals surface area contributed by atoms with E-state index in [1.807, 2.05) is 0 Å². The third kappa shape index (κ3) is 5.55. The number of carboxylic acids is 2. The van der Waals surface area contributed by atoms with Crippen molar-refractivity contribution >= 4 is 17.8 Å². The molecule has 186 valence electrons. The van der Waals surface area contributed by atoms with Crippen LogP contribution in [0.4, 0.5) is 4.39 Å². The van der Waals surface area contributed by atoms with Crippen molar-refractivity contribution in [2.75, 3.05) is 6.54 Å². The Morgan fingerprint density at radius 1 is 1.17 bits per heavy atom. The van der Waals surface area contributed by atoms with E-state index in [1.165, 1.54) is 24.7 Å². The van der Waals surface area contributed by atoms with E-state index in [0.29, 0.717) is 24.0 Å². The van der Waals surface area contributed by atoms with Gasteiger partial charge in [-0.05, 0) is 60.2 Å². The second-order valence-corrected chi connectivity index (χ2v) is 8.73. The zero-order chi connectivity index (χ0) is 25.8. The van der Waals surface area contributed by atoms with E-state index >= 15 is 0 Å². The van der Waals surface area contributed by atoms with E-state index in [2.05, 4.69) is 15.3 Å². The van der Waals surface area contributed by atoms with Crippen molar-refractivity contribution in [3.8, 4) is 0 Å². The van der Waals surface area contributed by atoms with Crippen LogP contribution in [-0.2, 0) is 24.3 Å². The van der Waals surface area contributed by atoms with Gasteiger partial charge in [0, 0.05) is 30.9 Å². The van der Waals surface area contributed by atoms with Gasteiger partial charge in [0.25, 0.3) is 5.91 Å². The predicted molar refractivity (Wildman–Crippen MR) is 127 cm³/mol. The molecule has 0 aliphatic heterocycles. The molecule has 3 aromatic rings. The second kappa shape index (κ2) is 10.6. The number of carboxylic acid groups (broad SMARTS) is 2. The molecule has 9 nitrogen and oxygen atoms in total. The van der Waals surface area contributed by atoms with Crippen LogP contribution in [0.5, 0.6) is 0 Å². The Balaban J connectivity index is 1.54. The topological polar surface area (TPSA) is 133 Å². The number of nitrogens with one attached hydrogen (secondary N) is 1. The van der Waals surface area contributed by atoms with E-state index in [1.54, 1.807) is 36.1 Å².